The van der Waals surface area contributed by atoms with Crippen molar-refractivity contribution < 1.29 is 10.2 Å². The smallest absolute Gasteiger partial charge is 0.0612 e. The van der Waals surface area contributed by atoms with Gasteiger partial charge in [-0.1, -0.05) is 55.6 Å². The fourth-order valence-corrected chi connectivity index (χ4v) is 1.43. The third kappa shape index (κ3) is 14.3. The normalized spacial score (nSPS) is 12.3. The molecule has 0 saturated heterocycles. The number of allylic oxidation sites excluding steroid dienone is 5. The molecule has 2 N–H and O–H groups in total. The van der Waals surface area contributed by atoms with E-state index in [0.717, 1.165) is 25.7 Å². The van der Waals surface area contributed by atoms with Crippen molar-refractivity contribution >= 4 is 0 Å². The van der Waals surface area contributed by atoms with Crippen LogP contribution in [0.4, 0.5) is 0 Å². The van der Waals surface area contributed by atoms with E-state index in [1.807, 2.05) is 18.2 Å². The van der Waals surface area contributed by atoms with E-state index in [2.05, 4.69) is 30.6 Å². The van der Waals surface area contributed by atoms with Crippen molar-refractivity contribution in [2.24, 2.45) is 0 Å². The summed E-state index contributed by atoms with van der Waals surface area (Å²) in [6.07, 6.45) is 15.1. The summed E-state index contributed by atoms with van der Waals surface area (Å²) in [5.41, 5.74) is 0. The van der Waals surface area contributed by atoms with Crippen molar-refractivity contribution in [3.8, 4) is 23.7 Å². The molecular weight excluding hydrogens is 248 g/mol. The number of hydrogen-bond acceptors (Lipinski definition) is 2. The molecule has 0 amide bonds. The van der Waals surface area contributed by atoms with Crippen LogP contribution in [0.1, 0.15) is 39.0 Å². The van der Waals surface area contributed by atoms with Gasteiger partial charge in [0.25, 0.3) is 0 Å². The van der Waals surface area contributed by atoms with Crippen molar-refractivity contribution in [1.29, 1.82) is 0 Å². The highest BCUT2D eigenvalue weighted by atomic mass is 16.3. The second kappa shape index (κ2) is 15.3. The molecule has 1 atom stereocenters. The Hall–Kier alpha value is -1.74. The Morgan fingerprint density at radius 1 is 1.05 bits per heavy atom. The first kappa shape index (κ1) is 18.3. The zero-order valence-corrected chi connectivity index (χ0v) is 12.2. The number of aliphatic hydroxyl groups excluding tert-OH is 2. The second-order valence-corrected chi connectivity index (χ2v) is 4.24. The Morgan fingerprint density at radius 3 is 2.65 bits per heavy atom. The minimum absolute atomic E-state index is 0.0535. The van der Waals surface area contributed by atoms with E-state index >= 15 is 0 Å². The van der Waals surface area contributed by atoms with E-state index in [1.54, 1.807) is 18.2 Å². The second-order valence-electron chi connectivity index (χ2n) is 4.24. The van der Waals surface area contributed by atoms with Crippen molar-refractivity contribution in [3.05, 3.63) is 36.5 Å². The van der Waals surface area contributed by atoms with E-state index in [-0.39, 0.29) is 12.7 Å². The lowest BCUT2D eigenvalue weighted by Gasteiger charge is -2.05. The lowest BCUT2D eigenvalue weighted by Crippen LogP contribution is -2.04. The van der Waals surface area contributed by atoms with Crippen molar-refractivity contribution in [2.45, 2.75) is 45.1 Å². The van der Waals surface area contributed by atoms with Crippen LogP contribution < -0.4 is 0 Å². The lowest BCUT2D eigenvalue weighted by molar-refractivity contribution is 0.155. The van der Waals surface area contributed by atoms with Gasteiger partial charge in [0.15, 0.2) is 0 Å². The first-order valence-electron chi connectivity index (χ1n) is 7.05. The highest BCUT2D eigenvalue weighted by molar-refractivity contribution is 5.32. The summed E-state index contributed by atoms with van der Waals surface area (Å²) < 4.78 is 0. The highest BCUT2D eigenvalue weighted by Crippen LogP contribution is 2.04. The SMILES string of the molecule is CCC[C@@H](O)CC/C=C/C=C/C#CC#CC/C=C\CO. The summed E-state index contributed by atoms with van der Waals surface area (Å²) in [5, 5.41) is 18.0. The zero-order valence-electron chi connectivity index (χ0n) is 12.2. The van der Waals surface area contributed by atoms with Gasteiger partial charge in [-0.3, -0.25) is 0 Å². The van der Waals surface area contributed by atoms with Crippen LogP contribution in [0.25, 0.3) is 0 Å². The van der Waals surface area contributed by atoms with E-state index in [9.17, 15) is 5.11 Å². The molecular formula is C18H24O2. The summed E-state index contributed by atoms with van der Waals surface area (Å²) in [5.74, 6) is 11.1. The van der Waals surface area contributed by atoms with Crippen molar-refractivity contribution in [3.63, 3.8) is 0 Å². The fraction of sp³-hybridized carbons (Fsp3) is 0.444. The van der Waals surface area contributed by atoms with E-state index < -0.39 is 0 Å². The third-order valence-electron chi connectivity index (χ3n) is 2.43. The van der Waals surface area contributed by atoms with Gasteiger partial charge in [-0.05, 0) is 37.2 Å². The van der Waals surface area contributed by atoms with Crippen molar-refractivity contribution in [2.75, 3.05) is 6.61 Å². The maximum atomic E-state index is 9.52. The van der Waals surface area contributed by atoms with Gasteiger partial charge in [-0.25, -0.2) is 0 Å². The van der Waals surface area contributed by atoms with Crippen LogP contribution >= 0.6 is 0 Å². The lowest BCUT2D eigenvalue weighted by atomic mass is 10.1. The first-order chi connectivity index (χ1) is 9.81. The Balaban J connectivity index is 3.73. The van der Waals surface area contributed by atoms with Crippen molar-refractivity contribution in [1.82, 2.24) is 0 Å². The standard InChI is InChI=1S/C18H24O2/c1-2-15-18(20)16-13-11-9-7-5-3-4-6-8-10-12-14-17-19/h5,7,9,11-12,14,18-20H,2,10,13,15-17H2,1H3/b7-5+,11-9+,14-12-/t18-/m1/s1. The summed E-state index contributed by atoms with van der Waals surface area (Å²) in [6, 6.07) is 0. The largest absolute Gasteiger partial charge is 0.393 e. The zero-order chi connectivity index (χ0) is 14.9. The third-order valence-corrected chi connectivity index (χ3v) is 2.43. The Labute approximate surface area is 122 Å². The van der Waals surface area contributed by atoms with Gasteiger partial charge >= 0.3 is 0 Å². The van der Waals surface area contributed by atoms with E-state index in [1.165, 1.54) is 0 Å². The molecule has 108 valence electrons. The van der Waals surface area contributed by atoms with Gasteiger partial charge in [0, 0.05) is 6.42 Å². The van der Waals surface area contributed by atoms with Crippen LogP contribution in [0.2, 0.25) is 0 Å². The van der Waals surface area contributed by atoms with Crippen LogP contribution in [0.5, 0.6) is 0 Å². The average Bonchev–Trinajstić information content (AvgIpc) is 2.44. The summed E-state index contributed by atoms with van der Waals surface area (Å²) in [4.78, 5) is 0. The van der Waals surface area contributed by atoms with Crippen LogP contribution in [0.15, 0.2) is 36.5 Å². The summed E-state index contributed by atoms with van der Waals surface area (Å²) in [6.45, 7) is 2.13. The quantitative estimate of drug-likeness (QED) is 0.405. The number of rotatable bonds is 8. The predicted octanol–water partition coefficient (Wildman–Crippen LogP) is 2.99. The van der Waals surface area contributed by atoms with Gasteiger partial charge in [-0.15, -0.1) is 0 Å². The molecule has 0 saturated carbocycles. The molecule has 0 aliphatic carbocycles. The molecule has 0 fully saturated rings. The molecule has 0 radical (unpaired) electrons. The monoisotopic (exact) mass is 272 g/mol. The first-order valence-corrected chi connectivity index (χ1v) is 7.05. The van der Waals surface area contributed by atoms with E-state index in [4.69, 9.17) is 5.11 Å². The van der Waals surface area contributed by atoms with Gasteiger partial charge in [0.1, 0.15) is 0 Å². The molecule has 0 rings (SSSR count). The van der Waals surface area contributed by atoms with Gasteiger partial charge in [-0.2, -0.15) is 0 Å². The molecule has 2 nitrogen and oxygen atoms in total. The molecule has 0 unspecified atom stereocenters. The maximum absolute atomic E-state index is 9.52. The predicted molar refractivity (Wildman–Crippen MR) is 84.8 cm³/mol. The topological polar surface area (TPSA) is 40.5 Å². The molecule has 0 aliphatic heterocycles. The molecule has 0 bridgehead atoms. The minimum Gasteiger partial charge on any atom is -0.393 e. The van der Waals surface area contributed by atoms with Crippen LogP contribution in [-0.4, -0.2) is 22.9 Å². The van der Waals surface area contributed by atoms with Gasteiger partial charge in [0.05, 0.1) is 12.7 Å². The number of hydrogen-bond donors (Lipinski definition) is 2. The summed E-state index contributed by atoms with van der Waals surface area (Å²) in [7, 11) is 0. The minimum atomic E-state index is -0.177. The average molecular weight is 272 g/mol. The highest BCUT2D eigenvalue weighted by Gasteiger charge is 1.98. The molecule has 0 aromatic carbocycles. The fourth-order valence-electron chi connectivity index (χ4n) is 1.43. The molecule has 0 heterocycles. The molecule has 0 aliphatic rings. The van der Waals surface area contributed by atoms with Gasteiger partial charge in [0.2, 0.25) is 0 Å². The Morgan fingerprint density at radius 2 is 1.90 bits per heavy atom. The summed E-state index contributed by atoms with van der Waals surface area (Å²) >= 11 is 0. The molecule has 0 aromatic rings. The molecule has 20 heavy (non-hydrogen) atoms. The maximum Gasteiger partial charge on any atom is 0.0612 e. The van der Waals surface area contributed by atoms with Crippen LogP contribution in [0.3, 0.4) is 0 Å². The Kier molecular flexibility index (Phi) is 14.0. The van der Waals surface area contributed by atoms with Crippen LogP contribution in [0, 0.1) is 23.7 Å². The Bertz CT molecular complexity index is 422. The van der Waals surface area contributed by atoms with E-state index in [0.29, 0.717) is 6.42 Å². The molecule has 2 heteroatoms. The van der Waals surface area contributed by atoms with Gasteiger partial charge < -0.3 is 10.2 Å². The number of aliphatic hydroxyl groups is 2. The molecule has 0 aromatic heterocycles. The molecule has 0 spiro atoms. The van der Waals surface area contributed by atoms with Crippen LogP contribution in [-0.2, 0) is 0 Å².